The number of urea groups is 1. The van der Waals surface area contributed by atoms with Gasteiger partial charge in [0.1, 0.15) is 0 Å². The first kappa shape index (κ1) is 11.3. The molecular weight excluding hydrogens is 236 g/mol. The van der Waals surface area contributed by atoms with Gasteiger partial charge in [-0.1, -0.05) is 63.6 Å². The molecule has 3 heteroatoms. The predicted octanol–water partition coefficient (Wildman–Crippen LogP) is 4.56. The van der Waals surface area contributed by atoms with Gasteiger partial charge in [0, 0.05) is 16.3 Å². The quantitative estimate of drug-likeness (QED) is 0.631. The van der Waals surface area contributed by atoms with Crippen molar-refractivity contribution in [1.29, 1.82) is 0 Å². The Balaban J connectivity index is 2.31. The fourth-order valence-electron chi connectivity index (χ4n) is 1.67. The van der Waals surface area contributed by atoms with E-state index in [-0.39, 0.29) is 6.54 Å². The predicted molar refractivity (Wildman–Crippen MR) is 81.5 cm³/mol. The molecule has 0 spiro atoms. The third-order valence-electron chi connectivity index (χ3n) is 2.72. The molecule has 0 saturated carbocycles. The molecule has 2 amide bonds. The van der Waals surface area contributed by atoms with Crippen LogP contribution in [0.5, 0.6) is 0 Å². The molecule has 19 heavy (non-hydrogen) atoms. The molecule has 1 atom stereocenters. The van der Waals surface area contributed by atoms with E-state index in [1.165, 1.54) is 0 Å². The molecule has 0 saturated heterocycles. The van der Waals surface area contributed by atoms with E-state index >= 15 is 0 Å². The number of amides is 2. The van der Waals surface area contributed by atoms with Gasteiger partial charge in [-0.2, -0.15) is 0 Å². The average Bonchev–Trinajstić information content (AvgIpc) is 2.50. The van der Waals surface area contributed by atoms with Crippen LogP contribution < -0.4 is 10.6 Å². The summed E-state index contributed by atoms with van der Waals surface area (Å²) in [5, 5.41) is 5.21. The molecule has 0 heterocycles. The Bertz CT molecular complexity index is 440. The molecule has 0 aliphatic carbocycles. The van der Waals surface area contributed by atoms with E-state index in [1.807, 2.05) is 18.2 Å². The fraction of sp³-hybridized carbons (Fsp3) is 0.562. The maximum atomic E-state index is 11.7. The van der Waals surface area contributed by atoms with Crippen molar-refractivity contribution >= 4 is 11.7 Å². The number of unbranched alkanes of at least 4 members (excludes halogenated alkanes) is 3. The van der Waals surface area contributed by atoms with Gasteiger partial charge in [-0.25, -0.2) is 4.79 Å². The Morgan fingerprint density at radius 2 is 1.89 bits per heavy atom. The molecule has 3 nitrogen and oxygen atoms in total. The van der Waals surface area contributed by atoms with Crippen molar-refractivity contribution in [3.05, 3.63) is 30.3 Å². The van der Waals surface area contributed by atoms with Crippen LogP contribution in [0.4, 0.5) is 10.5 Å². The van der Waals surface area contributed by atoms with Crippen LogP contribution in [-0.4, -0.2) is 12.6 Å². The molecule has 1 aromatic carbocycles. The third-order valence-corrected chi connectivity index (χ3v) is 2.72. The van der Waals surface area contributed by atoms with Crippen molar-refractivity contribution in [2.45, 2.75) is 51.8 Å². The van der Waals surface area contributed by atoms with E-state index in [2.05, 4.69) is 17.6 Å². The van der Waals surface area contributed by atoms with E-state index < -0.39 is 18.8 Å². The van der Waals surface area contributed by atoms with Gasteiger partial charge >= 0.3 is 6.03 Å². The van der Waals surface area contributed by atoms with Gasteiger partial charge in [0.25, 0.3) is 0 Å². The van der Waals surface area contributed by atoms with Gasteiger partial charge in [0.05, 0.1) is 0 Å². The molecule has 0 aromatic heterocycles. The number of para-hydroxylation sites is 1. The van der Waals surface area contributed by atoms with Crippen LogP contribution in [0.15, 0.2) is 30.3 Å². The van der Waals surface area contributed by atoms with Crippen LogP contribution in [0.2, 0.25) is 0 Å². The van der Waals surface area contributed by atoms with E-state index in [9.17, 15) is 4.79 Å². The van der Waals surface area contributed by atoms with Crippen LogP contribution in [0.25, 0.3) is 0 Å². The topological polar surface area (TPSA) is 41.1 Å². The summed E-state index contributed by atoms with van der Waals surface area (Å²) in [6.45, 7) is 2.11. The van der Waals surface area contributed by atoms with Crippen LogP contribution in [0.3, 0.4) is 0 Å². The number of nitrogens with one attached hydrogen (secondary N) is 2. The zero-order valence-electron chi connectivity index (χ0n) is 14.6. The Morgan fingerprint density at radius 3 is 2.63 bits per heavy atom. The molecule has 0 radical (unpaired) electrons. The largest absolute Gasteiger partial charge is 0.338 e. The highest BCUT2D eigenvalue weighted by molar-refractivity contribution is 5.89. The highest BCUT2D eigenvalue weighted by Crippen LogP contribution is 2.06. The monoisotopic (exact) mass is 265 g/mol. The number of anilines is 1. The molecule has 0 fully saturated rings. The molecule has 106 valence electrons. The lowest BCUT2D eigenvalue weighted by Crippen LogP contribution is -2.29. The number of hydrogen-bond donors (Lipinski definition) is 2. The van der Waals surface area contributed by atoms with E-state index in [0.29, 0.717) is 12.1 Å². The molecule has 0 aliphatic heterocycles. The summed E-state index contributed by atoms with van der Waals surface area (Å²) in [6.07, 6.45) is 1.80. The molecule has 1 rings (SSSR count). The van der Waals surface area contributed by atoms with Crippen molar-refractivity contribution < 1.29 is 8.91 Å². The van der Waals surface area contributed by atoms with Crippen molar-refractivity contribution in [2.24, 2.45) is 0 Å². The van der Waals surface area contributed by atoms with E-state index in [4.69, 9.17) is 4.11 Å². The SMILES string of the molecule is [2H]C(CNC(=O)Nc1ccccc1)C([2H])([2H])CCCCCC. The first-order chi connectivity index (χ1) is 10.5. The smallest absolute Gasteiger partial charge is 0.319 e. The summed E-state index contributed by atoms with van der Waals surface area (Å²) in [5.41, 5.74) is 0.670. The summed E-state index contributed by atoms with van der Waals surface area (Å²) in [5.74, 6) is 0. The lowest BCUT2D eigenvalue weighted by atomic mass is 10.1. The molecule has 1 aromatic rings. The van der Waals surface area contributed by atoms with E-state index in [0.717, 1.165) is 25.7 Å². The Kier molecular flexibility index (Phi) is 6.21. The lowest BCUT2D eigenvalue weighted by molar-refractivity contribution is 0.252. The summed E-state index contributed by atoms with van der Waals surface area (Å²) >= 11 is 0. The second-order valence-corrected chi connectivity index (χ2v) is 4.42. The lowest BCUT2D eigenvalue weighted by Gasteiger charge is -2.07. The van der Waals surface area contributed by atoms with Crippen LogP contribution >= 0.6 is 0 Å². The Labute approximate surface area is 121 Å². The summed E-state index contributed by atoms with van der Waals surface area (Å²) in [6, 6.07) is 8.62. The number of carbonyl (C=O) groups excluding carboxylic acids is 1. The summed E-state index contributed by atoms with van der Waals surface area (Å²) in [4.78, 5) is 11.7. The Hall–Kier alpha value is -1.51. The molecule has 0 bridgehead atoms. The Morgan fingerprint density at radius 1 is 1.16 bits per heavy atom. The van der Waals surface area contributed by atoms with Crippen LogP contribution in [-0.2, 0) is 0 Å². The number of rotatable bonds is 9. The minimum Gasteiger partial charge on any atom is -0.338 e. The highest BCUT2D eigenvalue weighted by atomic mass is 16.2. The second kappa shape index (κ2) is 10.4. The molecule has 2 N–H and O–H groups in total. The van der Waals surface area contributed by atoms with Crippen LogP contribution in [0.1, 0.15) is 55.9 Å². The van der Waals surface area contributed by atoms with E-state index in [1.54, 1.807) is 12.1 Å². The maximum absolute atomic E-state index is 11.7. The first-order valence-electron chi connectivity index (χ1n) is 8.55. The fourth-order valence-corrected chi connectivity index (χ4v) is 1.67. The van der Waals surface area contributed by atoms with Crippen molar-refractivity contribution in [2.75, 3.05) is 11.9 Å². The standard InChI is InChI=1S/C16H26N2O/c1-2-3-4-5-6-7-11-14-17-16(19)18-15-12-9-8-10-13-15/h8-10,12-13H,2-7,11,14H2,1H3,(H2,17,18,19)/i7D2,11D. The molecule has 1 unspecified atom stereocenters. The zero-order chi connectivity index (χ0) is 16.4. The maximum Gasteiger partial charge on any atom is 0.319 e. The molecule has 0 aliphatic rings. The van der Waals surface area contributed by atoms with Gasteiger partial charge < -0.3 is 10.6 Å². The van der Waals surface area contributed by atoms with Crippen LogP contribution in [0, 0.1) is 0 Å². The number of hydrogen-bond acceptors (Lipinski definition) is 1. The van der Waals surface area contributed by atoms with Gasteiger partial charge in [-0.15, -0.1) is 0 Å². The highest BCUT2D eigenvalue weighted by Gasteiger charge is 1.99. The second-order valence-electron chi connectivity index (χ2n) is 4.42. The third kappa shape index (κ3) is 8.25. The molecular formula is C16H26N2O. The van der Waals surface area contributed by atoms with Gasteiger partial charge in [0.2, 0.25) is 0 Å². The van der Waals surface area contributed by atoms with Crippen molar-refractivity contribution in [3.8, 4) is 0 Å². The van der Waals surface area contributed by atoms with Gasteiger partial charge in [0.15, 0.2) is 0 Å². The summed E-state index contributed by atoms with van der Waals surface area (Å²) < 4.78 is 23.8. The van der Waals surface area contributed by atoms with Gasteiger partial charge in [-0.3, -0.25) is 0 Å². The van der Waals surface area contributed by atoms with Crippen molar-refractivity contribution in [1.82, 2.24) is 5.32 Å². The van der Waals surface area contributed by atoms with Crippen molar-refractivity contribution in [3.63, 3.8) is 0 Å². The minimum atomic E-state index is -1.58. The van der Waals surface area contributed by atoms with Gasteiger partial charge in [-0.05, 0) is 18.5 Å². The number of benzene rings is 1. The minimum absolute atomic E-state index is 0.000551. The first-order valence-corrected chi connectivity index (χ1v) is 6.98. The average molecular weight is 265 g/mol. The normalized spacial score (nSPS) is 14.9. The number of carbonyl (C=O) groups is 1. The summed E-state index contributed by atoms with van der Waals surface area (Å²) in [7, 11) is 0. The zero-order valence-corrected chi connectivity index (χ0v) is 11.6.